The summed E-state index contributed by atoms with van der Waals surface area (Å²) in [4.78, 5) is 81.6. The minimum atomic E-state index is -1.30. The smallest absolute Gasteiger partial charge is 0.337 e. The van der Waals surface area contributed by atoms with Crippen LogP contribution in [0.1, 0.15) is 62.1 Å². The van der Waals surface area contributed by atoms with E-state index in [-0.39, 0.29) is 118 Å². The third-order valence-corrected chi connectivity index (χ3v) is 11.6. The van der Waals surface area contributed by atoms with Crippen molar-refractivity contribution in [1.82, 2.24) is 0 Å². The van der Waals surface area contributed by atoms with Crippen LogP contribution >= 0.6 is 69.6 Å². The normalized spacial score (nSPS) is 14.1. The van der Waals surface area contributed by atoms with Gasteiger partial charge in [-0.1, -0.05) is 69.6 Å². The summed E-state index contributed by atoms with van der Waals surface area (Å²) in [6.07, 6.45) is 0. The summed E-state index contributed by atoms with van der Waals surface area (Å²) in [5, 5.41) is 20.6. The number of rotatable bonds is 4. The number of nitrogens with zero attached hydrogens (tertiary/aromatic N) is 2. The quantitative estimate of drug-likeness (QED) is 0.101. The number of benzene rings is 7. The second kappa shape index (κ2) is 11.6. The van der Waals surface area contributed by atoms with Gasteiger partial charge >= 0.3 is 11.9 Å². The highest BCUT2D eigenvalue weighted by molar-refractivity contribution is 6.57. The molecule has 0 fully saturated rings. The maximum Gasteiger partial charge on any atom is 0.337 e. The van der Waals surface area contributed by atoms with Crippen LogP contribution < -0.4 is 9.80 Å². The minimum Gasteiger partial charge on any atom is -0.478 e. The molecule has 2 N–H and O–H groups in total. The summed E-state index contributed by atoms with van der Waals surface area (Å²) >= 11 is 40.5. The van der Waals surface area contributed by atoms with E-state index < -0.39 is 35.6 Å². The molecule has 0 unspecified atom stereocenters. The molecule has 2 aliphatic heterocycles. The van der Waals surface area contributed by atoms with E-state index in [9.17, 15) is 39.0 Å². The molecule has 16 heteroatoms. The summed E-state index contributed by atoms with van der Waals surface area (Å²) in [7, 11) is 0. The molecule has 0 bridgehead atoms. The highest BCUT2D eigenvalue weighted by Crippen LogP contribution is 2.54. The average Bonchev–Trinajstić information content (AvgIpc) is 3.10. The Bertz CT molecular complexity index is 2730. The first kappa shape index (κ1) is 34.6. The van der Waals surface area contributed by atoms with Gasteiger partial charge in [-0.25, -0.2) is 19.4 Å². The molecule has 7 aromatic carbocycles. The third-order valence-electron chi connectivity index (χ3n) is 9.73. The molecule has 0 saturated heterocycles. The lowest BCUT2D eigenvalue weighted by molar-refractivity contribution is 0.0686. The first-order valence-electron chi connectivity index (χ1n) is 15.4. The van der Waals surface area contributed by atoms with Crippen LogP contribution in [0.3, 0.4) is 0 Å². The summed E-state index contributed by atoms with van der Waals surface area (Å²) in [6.45, 7) is 0. The van der Waals surface area contributed by atoms with Gasteiger partial charge in [0.05, 0.1) is 54.8 Å². The number of aromatic carboxylic acids is 2. The van der Waals surface area contributed by atoms with E-state index in [1.807, 2.05) is 0 Å². The zero-order chi connectivity index (χ0) is 38.4. The highest BCUT2D eigenvalue weighted by atomic mass is 35.5. The first-order chi connectivity index (χ1) is 25.6. The van der Waals surface area contributed by atoms with E-state index in [1.54, 1.807) is 0 Å². The number of carbonyl (C=O) groups excluding carboxylic acids is 4. The maximum atomic E-state index is 14.2. The number of anilines is 2. The molecular formula is C38H12Cl6N2O8. The van der Waals surface area contributed by atoms with Crippen LogP contribution in [0.2, 0.25) is 30.1 Å². The number of hydrogen-bond donors (Lipinski definition) is 2. The second-order valence-electron chi connectivity index (χ2n) is 12.5. The van der Waals surface area contributed by atoms with Gasteiger partial charge in [0, 0.05) is 63.2 Å². The molecule has 2 heterocycles. The van der Waals surface area contributed by atoms with Crippen molar-refractivity contribution in [2.45, 2.75) is 0 Å². The summed E-state index contributed by atoms with van der Waals surface area (Å²) in [5.41, 5.74) is -0.399. The maximum absolute atomic E-state index is 14.2. The zero-order valence-electron chi connectivity index (χ0n) is 26.3. The molecule has 0 atom stereocenters. The third kappa shape index (κ3) is 4.43. The number of carboxylic acid groups (broad SMARTS) is 2. The Morgan fingerprint density at radius 3 is 0.907 bits per heavy atom. The lowest BCUT2D eigenvalue weighted by atomic mass is 9.82. The Balaban J connectivity index is 1.34. The summed E-state index contributed by atoms with van der Waals surface area (Å²) in [6, 6.07) is 12.8. The van der Waals surface area contributed by atoms with E-state index in [4.69, 9.17) is 69.6 Å². The van der Waals surface area contributed by atoms with E-state index in [0.717, 1.165) is 9.80 Å². The van der Waals surface area contributed by atoms with Crippen molar-refractivity contribution >= 4 is 160 Å². The standard InChI is InChI=1S/C38H12Cl6N2O8/c39-19-5-11(1-3-13(19)37(51)52)45-33(47)15-7-21(41)27-29-23(43)9-17-26-18(36(50)46(35(17)49)12-2-4-14(38(53)54)20(40)6-12)10-24(44)30(32(26)29)28-22(42)8-16(34(45)48)25(15)31(27)28/h1-10H,(H,51,52)(H,53,54). The van der Waals surface area contributed by atoms with Crippen molar-refractivity contribution in [2.24, 2.45) is 0 Å². The number of amides is 4. The molecule has 10 nitrogen and oxygen atoms in total. The van der Waals surface area contributed by atoms with E-state index >= 15 is 0 Å². The fourth-order valence-corrected chi connectivity index (χ4v) is 9.27. The van der Waals surface area contributed by atoms with Crippen LogP contribution in [-0.4, -0.2) is 45.8 Å². The van der Waals surface area contributed by atoms with Gasteiger partial charge in [-0.2, -0.15) is 0 Å². The lowest BCUT2D eigenvalue weighted by Crippen LogP contribution is -2.40. The van der Waals surface area contributed by atoms with Crippen molar-refractivity contribution in [2.75, 3.05) is 9.80 Å². The number of halogens is 6. The monoisotopic (exact) mass is 834 g/mol. The fraction of sp³-hybridized carbons (Fsp3) is 0. The van der Waals surface area contributed by atoms with Crippen LogP contribution in [0, 0.1) is 0 Å². The largest absolute Gasteiger partial charge is 0.478 e. The van der Waals surface area contributed by atoms with Gasteiger partial charge in [-0.3, -0.25) is 19.2 Å². The first-order valence-corrected chi connectivity index (χ1v) is 17.7. The second-order valence-corrected chi connectivity index (χ2v) is 14.9. The predicted octanol–water partition coefficient (Wildman–Crippen LogP) is 10.7. The van der Waals surface area contributed by atoms with E-state index in [1.165, 1.54) is 60.7 Å². The molecule has 0 aromatic heterocycles. The van der Waals surface area contributed by atoms with Crippen molar-refractivity contribution in [1.29, 1.82) is 0 Å². The zero-order valence-corrected chi connectivity index (χ0v) is 30.8. The Kier molecular flexibility index (Phi) is 7.46. The van der Waals surface area contributed by atoms with Gasteiger partial charge in [-0.15, -0.1) is 0 Å². The van der Waals surface area contributed by atoms with Crippen LogP contribution in [0.5, 0.6) is 0 Å². The number of carboxylic acids is 2. The Morgan fingerprint density at radius 2 is 0.667 bits per heavy atom. The fourth-order valence-electron chi connectivity index (χ4n) is 7.56. The van der Waals surface area contributed by atoms with Crippen molar-refractivity contribution in [3.63, 3.8) is 0 Å². The number of hydrogen-bond acceptors (Lipinski definition) is 6. The summed E-state index contributed by atoms with van der Waals surface area (Å²) < 4.78 is 0. The van der Waals surface area contributed by atoms with Gasteiger partial charge in [0.2, 0.25) is 0 Å². The summed E-state index contributed by atoms with van der Waals surface area (Å²) in [5.74, 6) is -5.73. The molecule has 9 rings (SSSR count). The highest BCUT2D eigenvalue weighted by Gasteiger charge is 2.41. The van der Waals surface area contributed by atoms with Gasteiger partial charge in [0.25, 0.3) is 23.6 Å². The minimum absolute atomic E-state index is 0.00508. The van der Waals surface area contributed by atoms with Crippen LogP contribution in [0.15, 0.2) is 60.7 Å². The molecule has 0 radical (unpaired) electrons. The lowest BCUT2D eigenvalue weighted by Gasteiger charge is -2.31. The Morgan fingerprint density at radius 1 is 0.389 bits per heavy atom. The van der Waals surface area contributed by atoms with Crippen LogP contribution in [-0.2, 0) is 0 Å². The predicted molar refractivity (Wildman–Crippen MR) is 207 cm³/mol. The Hall–Kier alpha value is -5.20. The molecule has 7 aromatic rings. The Labute approximate surface area is 330 Å². The topological polar surface area (TPSA) is 149 Å². The van der Waals surface area contributed by atoms with Crippen molar-refractivity contribution in [3.8, 4) is 0 Å². The molecule has 0 spiro atoms. The number of imide groups is 2. The molecule has 54 heavy (non-hydrogen) atoms. The molecule has 0 aliphatic carbocycles. The van der Waals surface area contributed by atoms with Crippen LogP contribution in [0.4, 0.5) is 11.4 Å². The van der Waals surface area contributed by atoms with Gasteiger partial charge in [-0.05, 0) is 60.7 Å². The SMILES string of the molecule is O=C(O)c1ccc(N2C(=O)c3cc(Cl)c4c5c(Cl)cc6c7c(cc(Cl)c(c8c(Cl)cc(c3c48)C2=O)c75)C(=O)N(c2ccc(C(=O)O)c(Cl)c2)C6=O)cc1Cl. The van der Waals surface area contributed by atoms with E-state index in [0.29, 0.717) is 0 Å². The van der Waals surface area contributed by atoms with Gasteiger partial charge in [0.15, 0.2) is 0 Å². The van der Waals surface area contributed by atoms with Crippen molar-refractivity contribution < 1.29 is 39.0 Å². The van der Waals surface area contributed by atoms with Gasteiger partial charge in [0.1, 0.15) is 0 Å². The number of carbonyl (C=O) groups is 6. The van der Waals surface area contributed by atoms with Crippen LogP contribution in [0.25, 0.3) is 43.1 Å². The molecule has 264 valence electrons. The molecule has 2 aliphatic rings. The number of fused-ring (bicyclic) bond motifs is 2. The van der Waals surface area contributed by atoms with Gasteiger partial charge < -0.3 is 10.2 Å². The van der Waals surface area contributed by atoms with Crippen molar-refractivity contribution in [3.05, 3.63) is 124 Å². The molecule has 4 amide bonds. The molecular weight excluding hydrogens is 825 g/mol. The average molecular weight is 837 g/mol. The van der Waals surface area contributed by atoms with E-state index in [2.05, 4.69) is 0 Å². The molecule has 0 saturated carbocycles.